The van der Waals surface area contributed by atoms with Crippen molar-refractivity contribution in [2.45, 2.75) is 18.0 Å². The molecule has 5 nitrogen and oxygen atoms in total. The van der Waals surface area contributed by atoms with Crippen LogP contribution in [-0.2, 0) is 13.1 Å². The zero-order valence-electron chi connectivity index (χ0n) is 18.0. The van der Waals surface area contributed by atoms with Crippen LogP contribution in [0, 0.1) is 0 Å². The van der Waals surface area contributed by atoms with Gasteiger partial charge >= 0.3 is 0 Å². The first-order valence-electron chi connectivity index (χ1n) is 10.0. The Hall–Kier alpha value is -3.09. The highest BCUT2D eigenvalue weighted by molar-refractivity contribution is 7.98. The Morgan fingerprint density at radius 1 is 0.871 bits per heavy atom. The van der Waals surface area contributed by atoms with Gasteiger partial charge in [-0.1, -0.05) is 36.4 Å². The molecule has 0 aromatic heterocycles. The van der Waals surface area contributed by atoms with E-state index in [0.29, 0.717) is 17.7 Å². The fourth-order valence-corrected chi connectivity index (χ4v) is 3.79. The fourth-order valence-electron chi connectivity index (χ4n) is 3.19. The van der Waals surface area contributed by atoms with Gasteiger partial charge in [-0.3, -0.25) is 9.59 Å². The molecule has 3 aromatic rings. The Kier molecular flexibility index (Phi) is 7.87. The Bertz CT molecular complexity index is 1050. The number of carbonyl (C=O) groups is 2. The van der Waals surface area contributed by atoms with Crippen LogP contribution in [0.3, 0.4) is 0 Å². The van der Waals surface area contributed by atoms with Crippen molar-refractivity contribution in [1.82, 2.24) is 10.2 Å². The molecule has 0 aliphatic carbocycles. The molecule has 160 valence electrons. The van der Waals surface area contributed by atoms with Gasteiger partial charge in [0.15, 0.2) is 0 Å². The van der Waals surface area contributed by atoms with Gasteiger partial charge in [0.25, 0.3) is 11.8 Å². The minimum absolute atomic E-state index is 0.127. The molecule has 31 heavy (non-hydrogen) atoms. The number of nitrogens with zero attached hydrogens (tertiary/aromatic N) is 1. The lowest BCUT2D eigenvalue weighted by Gasteiger charge is -2.11. The normalized spacial score (nSPS) is 10.7. The number of carbonyl (C=O) groups excluding carboxylic acids is 2. The maximum atomic E-state index is 12.7. The summed E-state index contributed by atoms with van der Waals surface area (Å²) in [5.41, 5.74) is 4.00. The summed E-state index contributed by atoms with van der Waals surface area (Å²) in [6.07, 6.45) is 1.95. The predicted molar refractivity (Wildman–Crippen MR) is 128 cm³/mol. The summed E-state index contributed by atoms with van der Waals surface area (Å²) in [5, 5.41) is 5.87. The standard InChI is InChI=1S/C25H27N3O2S/c1-28(2)17-18-11-13-21(14-12-18)27-24(29)20-8-6-7-19(15-20)16-26-25(30)22-9-4-5-10-23(22)31-3/h4-15H,16-17H2,1-3H3,(H,26,30)(H,27,29). The Labute approximate surface area is 187 Å². The van der Waals surface area contributed by atoms with Crippen molar-refractivity contribution in [2.75, 3.05) is 25.7 Å². The molecule has 2 amide bonds. The van der Waals surface area contributed by atoms with Crippen molar-refractivity contribution in [2.24, 2.45) is 0 Å². The van der Waals surface area contributed by atoms with Gasteiger partial charge in [-0.05, 0) is 67.9 Å². The van der Waals surface area contributed by atoms with Crippen LogP contribution in [0.5, 0.6) is 0 Å². The second kappa shape index (κ2) is 10.8. The van der Waals surface area contributed by atoms with E-state index in [4.69, 9.17) is 0 Å². The first kappa shape index (κ1) is 22.6. The molecule has 6 heteroatoms. The second-order valence-corrected chi connectivity index (χ2v) is 8.32. The van der Waals surface area contributed by atoms with Crippen LogP contribution >= 0.6 is 11.8 Å². The summed E-state index contributed by atoms with van der Waals surface area (Å²) in [6, 6.07) is 22.6. The largest absolute Gasteiger partial charge is 0.348 e. The molecular weight excluding hydrogens is 406 g/mol. The van der Waals surface area contributed by atoms with Gasteiger partial charge in [-0.15, -0.1) is 11.8 Å². The highest BCUT2D eigenvalue weighted by Crippen LogP contribution is 2.20. The zero-order valence-corrected chi connectivity index (χ0v) is 18.8. The highest BCUT2D eigenvalue weighted by atomic mass is 32.2. The van der Waals surface area contributed by atoms with Gasteiger partial charge in [0.05, 0.1) is 5.56 Å². The van der Waals surface area contributed by atoms with Crippen LogP contribution in [-0.4, -0.2) is 37.1 Å². The number of thioether (sulfide) groups is 1. The molecule has 0 saturated heterocycles. The molecule has 2 N–H and O–H groups in total. The molecule has 0 atom stereocenters. The molecule has 0 fully saturated rings. The molecule has 0 aliphatic heterocycles. The molecule has 0 heterocycles. The van der Waals surface area contributed by atoms with E-state index >= 15 is 0 Å². The average Bonchev–Trinajstić information content (AvgIpc) is 2.78. The summed E-state index contributed by atoms with van der Waals surface area (Å²) in [6.45, 7) is 1.20. The van der Waals surface area contributed by atoms with Crippen molar-refractivity contribution >= 4 is 29.3 Å². The number of rotatable bonds is 8. The smallest absolute Gasteiger partial charge is 0.255 e. The monoisotopic (exact) mass is 433 g/mol. The van der Waals surface area contributed by atoms with Gasteiger partial charge in [-0.25, -0.2) is 0 Å². The molecule has 0 radical (unpaired) electrons. The second-order valence-electron chi connectivity index (χ2n) is 7.47. The number of amides is 2. The number of hydrogen-bond acceptors (Lipinski definition) is 4. The summed E-state index contributed by atoms with van der Waals surface area (Å²) in [4.78, 5) is 28.2. The maximum absolute atomic E-state index is 12.7. The van der Waals surface area contributed by atoms with Gasteiger partial charge in [0, 0.05) is 29.2 Å². The van der Waals surface area contributed by atoms with E-state index in [2.05, 4.69) is 15.5 Å². The SMILES string of the molecule is CSc1ccccc1C(=O)NCc1cccc(C(=O)Nc2ccc(CN(C)C)cc2)c1. The van der Waals surface area contributed by atoms with Crippen molar-refractivity contribution in [3.05, 3.63) is 95.1 Å². The van der Waals surface area contributed by atoms with Crippen LogP contribution in [0.1, 0.15) is 31.8 Å². The third-order valence-electron chi connectivity index (χ3n) is 4.70. The first-order chi connectivity index (χ1) is 15.0. The van der Waals surface area contributed by atoms with Crippen molar-refractivity contribution in [3.63, 3.8) is 0 Å². The number of benzene rings is 3. The first-order valence-corrected chi connectivity index (χ1v) is 11.2. The molecule has 3 rings (SSSR count). The van der Waals surface area contributed by atoms with Crippen LogP contribution in [0.2, 0.25) is 0 Å². The summed E-state index contributed by atoms with van der Waals surface area (Å²) >= 11 is 1.54. The van der Waals surface area contributed by atoms with Crippen LogP contribution in [0.4, 0.5) is 5.69 Å². The van der Waals surface area contributed by atoms with Crippen LogP contribution in [0.15, 0.2) is 77.7 Å². The summed E-state index contributed by atoms with van der Waals surface area (Å²) < 4.78 is 0. The average molecular weight is 434 g/mol. The van der Waals surface area contributed by atoms with Crippen LogP contribution in [0.25, 0.3) is 0 Å². The number of hydrogen-bond donors (Lipinski definition) is 2. The molecule has 0 unspecified atom stereocenters. The van der Waals surface area contributed by atoms with Crippen LogP contribution < -0.4 is 10.6 Å². The van der Waals surface area contributed by atoms with E-state index in [1.807, 2.05) is 81.0 Å². The van der Waals surface area contributed by atoms with Gasteiger partial charge in [0.2, 0.25) is 0 Å². The Balaban J connectivity index is 1.61. The zero-order chi connectivity index (χ0) is 22.2. The molecule has 0 saturated carbocycles. The third-order valence-corrected chi connectivity index (χ3v) is 5.50. The van der Waals surface area contributed by atoms with E-state index in [1.54, 1.807) is 23.9 Å². The van der Waals surface area contributed by atoms with E-state index in [1.165, 1.54) is 5.56 Å². The molecule has 0 bridgehead atoms. The third kappa shape index (κ3) is 6.44. The lowest BCUT2D eigenvalue weighted by molar-refractivity contribution is 0.0947. The van der Waals surface area contributed by atoms with E-state index in [9.17, 15) is 9.59 Å². The lowest BCUT2D eigenvalue weighted by atomic mass is 10.1. The number of nitrogens with one attached hydrogen (secondary N) is 2. The Morgan fingerprint density at radius 3 is 2.32 bits per heavy atom. The van der Waals surface area contributed by atoms with Gasteiger partial charge in [-0.2, -0.15) is 0 Å². The lowest BCUT2D eigenvalue weighted by Crippen LogP contribution is -2.23. The van der Waals surface area contributed by atoms with Gasteiger partial charge in [0.1, 0.15) is 0 Å². The minimum atomic E-state index is -0.179. The number of anilines is 1. The van der Waals surface area contributed by atoms with Gasteiger partial charge < -0.3 is 15.5 Å². The molecule has 0 aliphatic rings. The van der Waals surface area contributed by atoms with E-state index < -0.39 is 0 Å². The predicted octanol–water partition coefficient (Wildman–Crippen LogP) is 4.65. The van der Waals surface area contributed by atoms with E-state index in [0.717, 1.165) is 22.7 Å². The molecule has 0 spiro atoms. The summed E-state index contributed by atoms with van der Waals surface area (Å²) in [7, 11) is 4.04. The highest BCUT2D eigenvalue weighted by Gasteiger charge is 2.11. The van der Waals surface area contributed by atoms with Crippen molar-refractivity contribution in [1.29, 1.82) is 0 Å². The van der Waals surface area contributed by atoms with Crippen molar-refractivity contribution in [3.8, 4) is 0 Å². The maximum Gasteiger partial charge on any atom is 0.255 e. The Morgan fingerprint density at radius 2 is 1.61 bits per heavy atom. The summed E-state index contributed by atoms with van der Waals surface area (Å²) in [5.74, 6) is -0.307. The quantitative estimate of drug-likeness (QED) is 0.508. The van der Waals surface area contributed by atoms with Crippen molar-refractivity contribution < 1.29 is 9.59 Å². The minimum Gasteiger partial charge on any atom is -0.348 e. The van der Waals surface area contributed by atoms with E-state index in [-0.39, 0.29) is 11.8 Å². The molecule has 3 aromatic carbocycles. The fraction of sp³-hybridized carbons (Fsp3) is 0.200. The molecular formula is C25H27N3O2S. The topological polar surface area (TPSA) is 61.4 Å².